The molecule has 0 bridgehead atoms. The van der Waals surface area contributed by atoms with Gasteiger partial charge in [-0.3, -0.25) is 0 Å². The maximum absolute atomic E-state index is 9.18. The molecule has 0 aromatic carbocycles. The zero-order valence-corrected chi connectivity index (χ0v) is 10.0. The summed E-state index contributed by atoms with van der Waals surface area (Å²) in [5.41, 5.74) is 0. The standard InChI is InChI=1S/C11H17N3O3/c1-16-9-5-10(17-2)14-11(13-9)12-6-7-3-8(15)4-7/h5,7-8,15H,3-4,6H2,1-2H3,(H,12,13,14). The van der Waals surface area contributed by atoms with Crippen molar-refractivity contribution in [3.8, 4) is 11.8 Å². The van der Waals surface area contributed by atoms with E-state index in [1.165, 1.54) is 0 Å². The summed E-state index contributed by atoms with van der Waals surface area (Å²) in [7, 11) is 3.10. The third kappa shape index (κ3) is 2.97. The summed E-state index contributed by atoms with van der Waals surface area (Å²) >= 11 is 0. The van der Waals surface area contributed by atoms with Crippen molar-refractivity contribution >= 4 is 5.95 Å². The van der Waals surface area contributed by atoms with Crippen molar-refractivity contribution in [1.82, 2.24) is 9.97 Å². The molecule has 17 heavy (non-hydrogen) atoms. The molecule has 2 N–H and O–H groups in total. The lowest BCUT2D eigenvalue weighted by Gasteiger charge is -2.31. The lowest BCUT2D eigenvalue weighted by Crippen LogP contribution is -2.33. The fraction of sp³-hybridized carbons (Fsp3) is 0.636. The number of anilines is 1. The first-order valence-corrected chi connectivity index (χ1v) is 5.60. The van der Waals surface area contributed by atoms with Crippen molar-refractivity contribution in [2.45, 2.75) is 18.9 Å². The molecule has 1 fully saturated rings. The van der Waals surface area contributed by atoms with E-state index in [-0.39, 0.29) is 6.10 Å². The van der Waals surface area contributed by atoms with Crippen molar-refractivity contribution in [2.24, 2.45) is 5.92 Å². The second-order valence-corrected chi connectivity index (χ2v) is 4.15. The maximum Gasteiger partial charge on any atom is 0.229 e. The minimum absolute atomic E-state index is 0.137. The monoisotopic (exact) mass is 239 g/mol. The summed E-state index contributed by atoms with van der Waals surface area (Å²) in [4.78, 5) is 8.32. The SMILES string of the molecule is COc1cc(OC)nc(NCC2CC(O)C2)n1. The number of methoxy groups -OCH3 is 2. The van der Waals surface area contributed by atoms with Gasteiger partial charge in [0.1, 0.15) is 0 Å². The number of hydrogen-bond acceptors (Lipinski definition) is 6. The Balaban J connectivity index is 1.94. The summed E-state index contributed by atoms with van der Waals surface area (Å²) in [5.74, 6) is 1.91. The van der Waals surface area contributed by atoms with Gasteiger partial charge in [0.2, 0.25) is 17.7 Å². The largest absolute Gasteiger partial charge is 0.481 e. The number of hydrogen-bond donors (Lipinski definition) is 2. The van der Waals surface area contributed by atoms with E-state index >= 15 is 0 Å². The molecule has 1 aromatic heterocycles. The number of aliphatic hydroxyl groups excluding tert-OH is 1. The van der Waals surface area contributed by atoms with Gasteiger partial charge in [-0.05, 0) is 18.8 Å². The normalized spacial score (nSPS) is 22.8. The van der Waals surface area contributed by atoms with Crippen molar-refractivity contribution in [3.63, 3.8) is 0 Å². The van der Waals surface area contributed by atoms with Crippen molar-refractivity contribution < 1.29 is 14.6 Å². The first kappa shape index (κ1) is 11.9. The Morgan fingerprint density at radius 3 is 2.35 bits per heavy atom. The molecule has 6 nitrogen and oxygen atoms in total. The predicted octanol–water partition coefficient (Wildman–Crippen LogP) is 0.677. The Morgan fingerprint density at radius 2 is 1.88 bits per heavy atom. The van der Waals surface area contributed by atoms with Crippen LogP contribution in [-0.2, 0) is 0 Å². The highest BCUT2D eigenvalue weighted by molar-refractivity contribution is 5.33. The molecule has 2 rings (SSSR count). The minimum Gasteiger partial charge on any atom is -0.481 e. The topological polar surface area (TPSA) is 76.5 Å². The molecule has 1 saturated carbocycles. The van der Waals surface area contributed by atoms with Gasteiger partial charge in [-0.1, -0.05) is 0 Å². The zero-order chi connectivity index (χ0) is 12.3. The molecule has 6 heteroatoms. The summed E-state index contributed by atoms with van der Waals surface area (Å²) in [6.07, 6.45) is 1.55. The second-order valence-electron chi connectivity index (χ2n) is 4.15. The molecule has 0 saturated heterocycles. The molecule has 1 aliphatic carbocycles. The number of nitrogens with zero attached hydrogens (tertiary/aromatic N) is 2. The van der Waals surface area contributed by atoms with Gasteiger partial charge < -0.3 is 19.9 Å². The molecule has 1 aliphatic rings. The summed E-state index contributed by atoms with van der Waals surface area (Å²) < 4.78 is 10.1. The lowest BCUT2D eigenvalue weighted by atomic mass is 9.82. The lowest BCUT2D eigenvalue weighted by molar-refractivity contribution is 0.0486. The quantitative estimate of drug-likeness (QED) is 0.786. The number of aliphatic hydroxyl groups is 1. The fourth-order valence-electron chi connectivity index (χ4n) is 1.79. The highest BCUT2D eigenvalue weighted by Gasteiger charge is 2.26. The number of aromatic nitrogens is 2. The van der Waals surface area contributed by atoms with Gasteiger partial charge in [0, 0.05) is 6.54 Å². The number of nitrogens with one attached hydrogen (secondary N) is 1. The van der Waals surface area contributed by atoms with Crippen LogP contribution in [0.15, 0.2) is 6.07 Å². The summed E-state index contributed by atoms with van der Waals surface area (Å²) in [6.45, 7) is 0.757. The average molecular weight is 239 g/mol. The predicted molar refractivity (Wildman–Crippen MR) is 62.4 cm³/mol. The Bertz CT molecular complexity index is 358. The summed E-state index contributed by atoms with van der Waals surface area (Å²) in [5, 5.41) is 12.3. The van der Waals surface area contributed by atoms with Crippen LogP contribution in [0.4, 0.5) is 5.95 Å². The van der Waals surface area contributed by atoms with Gasteiger partial charge in [-0.2, -0.15) is 9.97 Å². The van der Waals surface area contributed by atoms with E-state index in [2.05, 4.69) is 15.3 Å². The van der Waals surface area contributed by atoms with Crippen molar-refractivity contribution in [1.29, 1.82) is 0 Å². The van der Waals surface area contributed by atoms with E-state index in [9.17, 15) is 5.11 Å². The van der Waals surface area contributed by atoms with Crippen LogP contribution in [0.25, 0.3) is 0 Å². The van der Waals surface area contributed by atoms with Gasteiger partial charge in [-0.15, -0.1) is 0 Å². The van der Waals surface area contributed by atoms with Gasteiger partial charge >= 0.3 is 0 Å². The van der Waals surface area contributed by atoms with E-state index in [0.717, 1.165) is 19.4 Å². The highest BCUT2D eigenvalue weighted by Crippen LogP contribution is 2.27. The Labute approximate surface area is 100.0 Å². The Morgan fingerprint density at radius 1 is 1.29 bits per heavy atom. The van der Waals surface area contributed by atoms with E-state index < -0.39 is 0 Å². The molecule has 0 spiro atoms. The van der Waals surface area contributed by atoms with E-state index in [1.54, 1.807) is 20.3 Å². The van der Waals surface area contributed by atoms with Crippen LogP contribution in [0.2, 0.25) is 0 Å². The molecule has 0 amide bonds. The molecule has 0 atom stereocenters. The van der Waals surface area contributed by atoms with Crippen LogP contribution in [0, 0.1) is 5.92 Å². The molecule has 94 valence electrons. The third-order valence-corrected chi connectivity index (χ3v) is 2.86. The molecule has 0 aliphatic heterocycles. The van der Waals surface area contributed by atoms with Crippen LogP contribution in [-0.4, -0.2) is 41.9 Å². The van der Waals surface area contributed by atoms with Crippen LogP contribution in [0.3, 0.4) is 0 Å². The Kier molecular flexibility index (Phi) is 3.63. The molecular weight excluding hydrogens is 222 g/mol. The highest BCUT2D eigenvalue weighted by atomic mass is 16.5. The average Bonchev–Trinajstić information content (AvgIpc) is 2.32. The second kappa shape index (κ2) is 5.18. The molecular formula is C11H17N3O3. The number of ether oxygens (including phenoxy) is 2. The van der Waals surface area contributed by atoms with Gasteiger partial charge in [-0.25, -0.2) is 0 Å². The van der Waals surface area contributed by atoms with Crippen LogP contribution in [0.5, 0.6) is 11.8 Å². The minimum atomic E-state index is -0.137. The zero-order valence-electron chi connectivity index (χ0n) is 10.0. The van der Waals surface area contributed by atoms with Gasteiger partial charge in [0.15, 0.2) is 0 Å². The Hall–Kier alpha value is -1.56. The van der Waals surface area contributed by atoms with E-state index in [0.29, 0.717) is 23.6 Å². The molecule has 1 aromatic rings. The number of rotatable bonds is 5. The van der Waals surface area contributed by atoms with E-state index in [4.69, 9.17) is 9.47 Å². The maximum atomic E-state index is 9.18. The van der Waals surface area contributed by atoms with Gasteiger partial charge in [0.05, 0.1) is 26.4 Å². The molecule has 0 radical (unpaired) electrons. The third-order valence-electron chi connectivity index (χ3n) is 2.86. The first-order valence-electron chi connectivity index (χ1n) is 5.60. The fourth-order valence-corrected chi connectivity index (χ4v) is 1.79. The van der Waals surface area contributed by atoms with Crippen LogP contribution >= 0.6 is 0 Å². The smallest absolute Gasteiger partial charge is 0.229 e. The van der Waals surface area contributed by atoms with Crippen LogP contribution in [0.1, 0.15) is 12.8 Å². The van der Waals surface area contributed by atoms with Crippen LogP contribution < -0.4 is 14.8 Å². The molecule has 1 heterocycles. The van der Waals surface area contributed by atoms with Crippen molar-refractivity contribution in [2.75, 3.05) is 26.1 Å². The van der Waals surface area contributed by atoms with Gasteiger partial charge in [0.25, 0.3) is 0 Å². The van der Waals surface area contributed by atoms with E-state index in [1.807, 2.05) is 0 Å². The van der Waals surface area contributed by atoms with Crippen molar-refractivity contribution in [3.05, 3.63) is 6.07 Å². The molecule has 0 unspecified atom stereocenters. The summed E-state index contributed by atoms with van der Waals surface area (Å²) in [6, 6.07) is 1.62. The first-order chi connectivity index (χ1) is 8.21.